The molecule has 0 aromatic heterocycles. The largest absolute Gasteiger partial charge is 0.507 e. The number of carbonyl (C=O) groups is 2. The summed E-state index contributed by atoms with van der Waals surface area (Å²) in [6, 6.07) is 11.5. The molecule has 164 valence electrons. The van der Waals surface area contributed by atoms with Gasteiger partial charge in [0.15, 0.2) is 0 Å². The van der Waals surface area contributed by atoms with E-state index in [1.807, 2.05) is 19.1 Å². The highest BCUT2D eigenvalue weighted by Crippen LogP contribution is 2.43. The lowest BCUT2D eigenvalue weighted by Crippen LogP contribution is -2.31. The summed E-state index contributed by atoms with van der Waals surface area (Å²) in [5, 5.41) is 11.1. The van der Waals surface area contributed by atoms with Gasteiger partial charge in [-0.1, -0.05) is 29.8 Å². The molecule has 2 aromatic carbocycles. The van der Waals surface area contributed by atoms with Crippen LogP contribution in [0.2, 0.25) is 0 Å². The topological polar surface area (TPSA) is 85.3 Å². The number of hydrogen-bond donors (Lipinski definition) is 1. The number of aliphatic hydroxyl groups is 1. The zero-order valence-corrected chi connectivity index (χ0v) is 18.2. The predicted molar refractivity (Wildman–Crippen MR) is 116 cm³/mol. The molecule has 7 heteroatoms. The third-order valence-corrected chi connectivity index (χ3v) is 5.35. The highest BCUT2D eigenvalue weighted by molar-refractivity contribution is 6.46. The van der Waals surface area contributed by atoms with E-state index in [4.69, 9.17) is 14.2 Å². The number of carbonyl (C=O) groups excluding carboxylic acids is 2. The Bertz CT molecular complexity index is 996. The molecule has 31 heavy (non-hydrogen) atoms. The van der Waals surface area contributed by atoms with Crippen LogP contribution in [0.25, 0.3) is 5.76 Å². The standard InChI is InChI=1S/C24H27NO6/c1-15-6-8-16(9-7-15)22(26)20-21(18-11-10-17(30-3)14-19(18)31-4)25(12-5-13-29-2)24(28)23(20)27/h6-11,14,21,26H,5,12-13H2,1-4H3/b22-20-. The Labute approximate surface area is 181 Å². The van der Waals surface area contributed by atoms with Gasteiger partial charge in [-0.15, -0.1) is 0 Å². The maximum absolute atomic E-state index is 13.0. The minimum atomic E-state index is -0.793. The summed E-state index contributed by atoms with van der Waals surface area (Å²) in [7, 11) is 4.63. The van der Waals surface area contributed by atoms with Crippen molar-refractivity contribution in [2.75, 3.05) is 34.5 Å². The number of ketones is 1. The molecule has 0 bridgehead atoms. The zero-order valence-electron chi connectivity index (χ0n) is 18.2. The first-order valence-electron chi connectivity index (χ1n) is 9.99. The first-order valence-corrected chi connectivity index (χ1v) is 9.99. The number of hydrogen-bond acceptors (Lipinski definition) is 6. The van der Waals surface area contributed by atoms with Crippen molar-refractivity contribution >= 4 is 17.4 Å². The Morgan fingerprint density at radius 1 is 1.03 bits per heavy atom. The lowest BCUT2D eigenvalue weighted by Gasteiger charge is -2.26. The summed E-state index contributed by atoms with van der Waals surface area (Å²) >= 11 is 0. The van der Waals surface area contributed by atoms with Crippen molar-refractivity contribution in [3.8, 4) is 11.5 Å². The number of Topliss-reactive ketones (excluding diaryl/α,β-unsaturated/α-hetero) is 1. The molecule has 2 aromatic rings. The van der Waals surface area contributed by atoms with Gasteiger partial charge in [0.05, 0.1) is 25.8 Å². The highest BCUT2D eigenvalue weighted by Gasteiger charge is 2.46. The van der Waals surface area contributed by atoms with E-state index in [1.165, 1.54) is 12.0 Å². The second-order valence-corrected chi connectivity index (χ2v) is 7.31. The molecule has 0 spiro atoms. The van der Waals surface area contributed by atoms with Gasteiger partial charge >= 0.3 is 0 Å². The number of aryl methyl sites for hydroxylation is 1. The van der Waals surface area contributed by atoms with Crippen molar-refractivity contribution in [1.82, 2.24) is 4.90 Å². The van der Waals surface area contributed by atoms with Crippen LogP contribution >= 0.6 is 0 Å². The minimum Gasteiger partial charge on any atom is -0.507 e. The van der Waals surface area contributed by atoms with Gasteiger partial charge in [0.25, 0.3) is 11.7 Å². The summed E-state index contributed by atoms with van der Waals surface area (Å²) in [5.74, 6) is -0.560. The predicted octanol–water partition coefficient (Wildman–Crippen LogP) is 3.47. The van der Waals surface area contributed by atoms with Gasteiger partial charge in [-0.05, 0) is 25.5 Å². The fourth-order valence-electron chi connectivity index (χ4n) is 3.72. The van der Waals surface area contributed by atoms with E-state index in [0.717, 1.165) is 5.56 Å². The van der Waals surface area contributed by atoms with Crippen molar-refractivity contribution in [3.63, 3.8) is 0 Å². The van der Waals surface area contributed by atoms with Crippen LogP contribution in [0.3, 0.4) is 0 Å². The normalized spacial score (nSPS) is 17.8. The number of amides is 1. The molecule has 0 saturated carbocycles. The molecule has 1 aliphatic rings. The van der Waals surface area contributed by atoms with E-state index < -0.39 is 17.7 Å². The Morgan fingerprint density at radius 3 is 2.35 bits per heavy atom. The molecule has 1 N–H and O–H groups in total. The summed E-state index contributed by atoms with van der Waals surface area (Å²) in [6.07, 6.45) is 0.545. The summed E-state index contributed by atoms with van der Waals surface area (Å²) in [6.45, 7) is 2.66. The van der Waals surface area contributed by atoms with Crippen LogP contribution in [0.15, 0.2) is 48.0 Å². The van der Waals surface area contributed by atoms with E-state index in [2.05, 4.69) is 0 Å². The number of methoxy groups -OCH3 is 3. The molecule has 0 aliphatic carbocycles. The molecule has 7 nitrogen and oxygen atoms in total. The van der Waals surface area contributed by atoms with Gasteiger partial charge in [-0.25, -0.2) is 0 Å². The fourth-order valence-corrected chi connectivity index (χ4v) is 3.72. The molecular formula is C24H27NO6. The van der Waals surface area contributed by atoms with Gasteiger partial charge in [-0.3, -0.25) is 9.59 Å². The van der Waals surface area contributed by atoms with Crippen molar-refractivity contribution in [2.24, 2.45) is 0 Å². The van der Waals surface area contributed by atoms with E-state index >= 15 is 0 Å². The van der Waals surface area contributed by atoms with Crippen LogP contribution in [0.1, 0.15) is 29.2 Å². The first-order chi connectivity index (χ1) is 14.9. The average molecular weight is 425 g/mol. The van der Waals surface area contributed by atoms with E-state index in [-0.39, 0.29) is 11.3 Å². The van der Waals surface area contributed by atoms with Crippen LogP contribution in [0.4, 0.5) is 0 Å². The van der Waals surface area contributed by atoms with Gasteiger partial charge in [0.1, 0.15) is 17.3 Å². The highest BCUT2D eigenvalue weighted by atomic mass is 16.5. The minimum absolute atomic E-state index is 0.0368. The molecule has 0 radical (unpaired) electrons. The summed E-state index contributed by atoms with van der Waals surface area (Å²) in [4.78, 5) is 27.4. The van der Waals surface area contributed by atoms with E-state index in [9.17, 15) is 14.7 Å². The lowest BCUT2D eigenvalue weighted by atomic mass is 9.94. The molecule has 1 heterocycles. The van der Waals surface area contributed by atoms with Crippen LogP contribution in [-0.2, 0) is 14.3 Å². The molecule has 3 rings (SSSR count). The van der Waals surface area contributed by atoms with Crippen molar-refractivity contribution < 1.29 is 28.9 Å². The average Bonchev–Trinajstić information content (AvgIpc) is 3.03. The Balaban J connectivity index is 2.18. The molecule has 1 atom stereocenters. The summed E-state index contributed by atoms with van der Waals surface area (Å²) in [5.41, 5.74) is 2.12. The lowest BCUT2D eigenvalue weighted by molar-refractivity contribution is -0.140. The fraction of sp³-hybridized carbons (Fsp3) is 0.333. The maximum atomic E-state index is 13.0. The molecule has 1 saturated heterocycles. The Hall–Kier alpha value is -3.32. The molecule has 1 amide bonds. The van der Waals surface area contributed by atoms with Gasteiger partial charge in [0.2, 0.25) is 0 Å². The quantitative estimate of drug-likeness (QED) is 0.302. The van der Waals surface area contributed by atoms with Crippen LogP contribution in [-0.4, -0.2) is 56.2 Å². The maximum Gasteiger partial charge on any atom is 0.295 e. The van der Waals surface area contributed by atoms with Crippen molar-refractivity contribution in [3.05, 3.63) is 64.7 Å². The monoisotopic (exact) mass is 425 g/mol. The van der Waals surface area contributed by atoms with Gasteiger partial charge < -0.3 is 24.2 Å². The number of aliphatic hydroxyl groups excluding tert-OH is 1. The number of likely N-dealkylation sites (tertiary alicyclic amines) is 1. The summed E-state index contributed by atoms with van der Waals surface area (Å²) < 4.78 is 15.9. The first kappa shape index (κ1) is 22.4. The molecule has 1 unspecified atom stereocenters. The zero-order chi connectivity index (χ0) is 22.5. The Morgan fingerprint density at radius 2 is 1.74 bits per heavy atom. The van der Waals surface area contributed by atoms with Gasteiger partial charge in [-0.2, -0.15) is 0 Å². The third kappa shape index (κ3) is 4.41. The van der Waals surface area contributed by atoms with Crippen LogP contribution < -0.4 is 9.47 Å². The van der Waals surface area contributed by atoms with Crippen LogP contribution in [0, 0.1) is 6.92 Å². The van der Waals surface area contributed by atoms with Crippen molar-refractivity contribution in [2.45, 2.75) is 19.4 Å². The number of benzene rings is 2. The number of ether oxygens (including phenoxy) is 3. The number of rotatable bonds is 8. The van der Waals surface area contributed by atoms with E-state index in [0.29, 0.717) is 42.2 Å². The molecular weight excluding hydrogens is 398 g/mol. The van der Waals surface area contributed by atoms with Crippen molar-refractivity contribution in [1.29, 1.82) is 0 Å². The van der Waals surface area contributed by atoms with Crippen LogP contribution in [0.5, 0.6) is 11.5 Å². The second-order valence-electron chi connectivity index (χ2n) is 7.31. The second kappa shape index (κ2) is 9.66. The Kier molecular flexibility index (Phi) is 6.97. The smallest absolute Gasteiger partial charge is 0.295 e. The molecule has 1 fully saturated rings. The third-order valence-electron chi connectivity index (χ3n) is 5.35. The molecule has 1 aliphatic heterocycles. The van der Waals surface area contributed by atoms with E-state index in [1.54, 1.807) is 44.6 Å². The SMILES string of the molecule is COCCCN1C(=O)C(=O)/C(=C(\O)c2ccc(C)cc2)C1c1ccc(OC)cc1OC. The van der Waals surface area contributed by atoms with Gasteiger partial charge in [0, 0.05) is 37.5 Å². The number of nitrogens with zero attached hydrogens (tertiary/aromatic N) is 1.